The molecule has 0 aromatic carbocycles. The predicted molar refractivity (Wildman–Crippen MR) is 222 cm³/mol. The molecule has 0 amide bonds. The van der Waals surface area contributed by atoms with Crippen LogP contribution in [0.15, 0.2) is 24.3 Å². The van der Waals surface area contributed by atoms with Crippen molar-refractivity contribution >= 4 is 19.8 Å². The summed E-state index contributed by atoms with van der Waals surface area (Å²) in [5.74, 6) is -0.673. The summed E-state index contributed by atoms with van der Waals surface area (Å²) < 4.78 is 38.3. The first-order valence-corrected chi connectivity index (χ1v) is 23.5. The van der Waals surface area contributed by atoms with Gasteiger partial charge in [0.05, 0.1) is 38.1 Å². The first kappa shape index (κ1) is 54.3. The van der Waals surface area contributed by atoms with E-state index in [0.29, 0.717) is 32.1 Å². The summed E-state index contributed by atoms with van der Waals surface area (Å²) in [6.45, 7) is 4.26. The Kier molecular flexibility index (Phi) is 31.8. The van der Waals surface area contributed by atoms with Crippen LogP contribution in [-0.2, 0) is 37.4 Å². The van der Waals surface area contributed by atoms with Crippen LogP contribution in [0.5, 0.6) is 0 Å². The summed E-state index contributed by atoms with van der Waals surface area (Å²) in [5, 5.41) is 49.3. The SMILES string of the molecule is CCCCC[C@H](O)/C=C/[C@H]1OC(O)C[C@H](O)[C@@H]1C/C=C\CCCC(=O)O[C@H](COC(=O)CCCCCCCCCCCCCC(C)C)COP(=O)(O)OC[C@@H](O)CO. The van der Waals surface area contributed by atoms with Crippen molar-refractivity contribution < 1.29 is 67.8 Å². The minimum atomic E-state index is -4.69. The van der Waals surface area contributed by atoms with Crippen molar-refractivity contribution in [1.82, 2.24) is 0 Å². The lowest BCUT2D eigenvalue weighted by Gasteiger charge is -2.36. The summed E-state index contributed by atoms with van der Waals surface area (Å²) in [7, 11) is -4.69. The van der Waals surface area contributed by atoms with E-state index >= 15 is 0 Å². The second kappa shape index (κ2) is 33.9. The van der Waals surface area contributed by atoms with Crippen LogP contribution < -0.4 is 0 Å². The van der Waals surface area contributed by atoms with Crippen molar-refractivity contribution in [3.8, 4) is 0 Å². The summed E-state index contributed by atoms with van der Waals surface area (Å²) in [6.07, 6.45) is 20.5. The van der Waals surface area contributed by atoms with Gasteiger partial charge in [-0.05, 0) is 38.0 Å². The zero-order chi connectivity index (χ0) is 43.0. The van der Waals surface area contributed by atoms with E-state index in [0.717, 1.165) is 44.4 Å². The third-order valence-corrected chi connectivity index (χ3v) is 11.0. The average molecular weight is 851 g/mol. The van der Waals surface area contributed by atoms with Crippen LogP contribution in [0.3, 0.4) is 0 Å². The second-order valence-electron chi connectivity index (χ2n) is 16.1. The number of aliphatic hydroxyl groups is 5. The lowest BCUT2D eigenvalue weighted by Crippen LogP contribution is -2.43. The monoisotopic (exact) mass is 851 g/mol. The van der Waals surface area contributed by atoms with Gasteiger partial charge in [0.15, 0.2) is 12.4 Å². The Morgan fingerprint density at radius 2 is 1.40 bits per heavy atom. The van der Waals surface area contributed by atoms with Crippen LogP contribution >= 0.6 is 7.82 Å². The number of hydrogen-bond donors (Lipinski definition) is 6. The van der Waals surface area contributed by atoms with Crippen LogP contribution in [0.1, 0.15) is 162 Å². The molecule has 0 bridgehead atoms. The molecule has 1 heterocycles. The maximum Gasteiger partial charge on any atom is 0.472 e. The van der Waals surface area contributed by atoms with Gasteiger partial charge in [-0.25, -0.2) is 4.57 Å². The van der Waals surface area contributed by atoms with Crippen molar-refractivity contribution in [2.45, 2.75) is 199 Å². The van der Waals surface area contributed by atoms with E-state index in [1.165, 1.54) is 51.4 Å². The summed E-state index contributed by atoms with van der Waals surface area (Å²) in [6, 6.07) is 0. The molecule has 0 aromatic rings. The van der Waals surface area contributed by atoms with Gasteiger partial charge in [-0.2, -0.15) is 0 Å². The number of hydrogen-bond acceptors (Lipinski definition) is 13. The molecule has 2 unspecified atom stereocenters. The van der Waals surface area contributed by atoms with Crippen LogP contribution in [0, 0.1) is 11.8 Å². The lowest BCUT2D eigenvalue weighted by atomic mass is 9.87. The second-order valence-corrected chi connectivity index (χ2v) is 17.5. The maximum atomic E-state index is 12.7. The molecule has 1 rings (SSSR count). The highest BCUT2D eigenvalue weighted by Crippen LogP contribution is 2.43. The van der Waals surface area contributed by atoms with Crippen molar-refractivity contribution in [2.24, 2.45) is 11.8 Å². The van der Waals surface area contributed by atoms with Crippen LogP contribution in [-0.4, -0.2) is 106 Å². The molecule has 0 radical (unpaired) electrons. The third kappa shape index (κ3) is 29.5. The molecular formula is C43H79O14P. The van der Waals surface area contributed by atoms with E-state index in [4.69, 9.17) is 23.8 Å². The van der Waals surface area contributed by atoms with E-state index in [9.17, 15) is 39.5 Å². The lowest BCUT2D eigenvalue weighted by molar-refractivity contribution is -0.199. The average Bonchev–Trinajstić information content (AvgIpc) is 3.17. The van der Waals surface area contributed by atoms with Crippen molar-refractivity contribution in [1.29, 1.82) is 0 Å². The van der Waals surface area contributed by atoms with E-state index in [1.807, 2.05) is 12.2 Å². The molecule has 0 saturated carbocycles. The highest BCUT2D eigenvalue weighted by molar-refractivity contribution is 7.47. The fourth-order valence-electron chi connectivity index (χ4n) is 6.57. The van der Waals surface area contributed by atoms with Gasteiger partial charge < -0.3 is 44.6 Å². The molecule has 0 aliphatic carbocycles. The molecule has 58 heavy (non-hydrogen) atoms. The number of aliphatic hydroxyl groups excluding tert-OH is 5. The van der Waals surface area contributed by atoms with Gasteiger partial charge in [0, 0.05) is 25.2 Å². The Balaban J connectivity index is 2.52. The minimum Gasteiger partial charge on any atom is -0.462 e. The Morgan fingerprint density at radius 3 is 2.03 bits per heavy atom. The van der Waals surface area contributed by atoms with Gasteiger partial charge in [0.1, 0.15) is 12.7 Å². The molecular weight excluding hydrogens is 771 g/mol. The number of unbranched alkanes of at least 4 members (excludes halogenated alkanes) is 13. The van der Waals surface area contributed by atoms with Crippen LogP contribution in [0.25, 0.3) is 0 Å². The molecule has 8 atom stereocenters. The molecule has 6 N–H and O–H groups in total. The maximum absolute atomic E-state index is 12.7. The topological polar surface area (TPSA) is 219 Å². The number of esters is 2. The van der Waals surface area contributed by atoms with Crippen LogP contribution in [0.4, 0.5) is 0 Å². The third-order valence-electron chi connectivity index (χ3n) is 10.1. The molecule has 14 nitrogen and oxygen atoms in total. The zero-order valence-corrected chi connectivity index (χ0v) is 36.6. The number of allylic oxidation sites excluding steroid dienone is 2. The molecule has 1 saturated heterocycles. The van der Waals surface area contributed by atoms with Gasteiger partial charge in [-0.15, -0.1) is 0 Å². The number of phosphoric ester groups is 1. The molecule has 1 fully saturated rings. The largest absolute Gasteiger partial charge is 0.472 e. The minimum absolute atomic E-state index is 0.00823. The fraction of sp³-hybridized carbons (Fsp3) is 0.860. The smallest absolute Gasteiger partial charge is 0.462 e. The van der Waals surface area contributed by atoms with Crippen molar-refractivity contribution in [3.05, 3.63) is 24.3 Å². The molecule has 0 aromatic heterocycles. The van der Waals surface area contributed by atoms with Crippen molar-refractivity contribution in [2.75, 3.05) is 26.4 Å². The molecule has 15 heteroatoms. The number of phosphoric acid groups is 1. The zero-order valence-electron chi connectivity index (χ0n) is 35.7. The number of carbonyl (C=O) groups excluding carboxylic acids is 2. The van der Waals surface area contributed by atoms with Crippen LogP contribution in [0.2, 0.25) is 0 Å². The Hall–Kier alpha value is -1.71. The molecule has 1 aliphatic rings. The normalized spacial score (nSPS) is 21.3. The van der Waals surface area contributed by atoms with Gasteiger partial charge in [0.2, 0.25) is 0 Å². The van der Waals surface area contributed by atoms with Gasteiger partial charge in [-0.1, -0.05) is 135 Å². The number of ether oxygens (including phenoxy) is 3. The predicted octanol–water partition coefficient (Wildman–Crippen LogP) is 7.35. The molecule has 0 spiro atoms. The highest BCUT2D eigenvalue weighted by atomic mass is 31.2. The molecule has 340 valence electrons. The van der Waals surface area contributed by atoms with Gasteiger partial charge in [0.25, 0.3) is 0 Å². The molecule has 1 aliphatic heterocycles. The standard InChI is InChI=1S/C43H79O14P/c1-4-5-17-23-35(45)27-28-40-38(39(47)29-43(50)57-40)24-19-15-16-21-26-42(49)56-37(33-55-58(51,52)54-31-36(46)30-44)32-53-41(48)25-20-14-12-10-8-6-7-9-11-13-18-22-34(2)3/h15,19,27-28,34-40,43-47,50H,4-14,16-18,20-26,29-33H2,1-3H3,(H,51,52)/b19-15-,28-27+/t35-,36-,37+,38-,39-,40+,43?/m0/s1. The number of rotatable bonds is 36. The van der Waals surface area contributed by atoms with Crippen molar-refractivity contribution in [3.63, 3.8) is 0 Å². The first-order valence-electron chi connectivity index (χ1n) is 22.0. The van der Waals surface area contributed by atoms with E-state index in [2.05, 4.69) is 25.3 Å². The Morgan fingerprint density at radius 1 is 0.793 bits per heavy atom. The van der Waals surface area contributed by atoms with E-state index < -0.39 is 83.0 Å². The van der Waals surface area contributed by atoms with E-state index in [-0.39, 0.29) is 25.2 Å². The van der Waals surface area contributed by atoms with Gasteiger partial charge in [-0.3, -0.25) is 18.6 Å². The van der Waals surface area contributed by atoms with E-state index in [1.54, 1.807) is 12.2 Å². The highest BCUT2D eigenvalue weighted by Gasteiger charge is 2.35. The fourth-order valence-corrected chi connectivity index (χ4v) is 7.36. The quantitative estimate of drug-likeness (QED) is 0.0157. The summed E-state index contributed by atoms with van der Waals surface area (Å²) in [5.41, 5.74) is 0. The Bertz CT molecular complexity index is 1150. The Labute approximate surface area is 348 Å². The summed E-state index contributed by atoms with van der Waals surface area (Å²) in [4.78, 5) is 35.2. The van der Waals surface area contributed by atoms with Gasteiger partial charge >= 0.3 is 19.8 Å². The summed E-state index contributed by atoms with van der Waals surface area (Å²) >= 11 is 0. The first-order chi connectivity index (χ1) is 27.8. The number of carbonyl (C=O) groups is 2.